The highest BCUT2D eigenvalue weighted by Crippen LogP contribution is 2.49. The van der Waals surface area contributed by atoms with Crippen molar-refractivity contribution in [2.24, 2.45) is 5.92 Å². The van der Waals surface area contributed by atoms with Crippen molar-refractivity contribution in [3.05, 3.63) is 59.7 Å². The Balaban J connectivity index is 1.72. The third-order valence-electron chi connectivity index (χ3n) is 4.62. The number of nitrogens with one attached hydrogen (secondary N) is 1. The van der Waals surface area contributed by atoms with Gasteiger partial charge in [-0.2, -0.15) is 0 Å². The van der Waals surface area contributed by atoms with Gasteiger partial charge in [-0.25, -0.2) is 0 Å². The third-order valence-corrected chi connectivity index (χ3v) is 4.62. The maximum absolute atomic E-state index is 6.02. The van der Waals surface area contributed by atoms with Gasteiger partial charge in [-0.05, 0) is 30.2 Å². The van der Waals surface area contributed by atoms with Crippen LogP contribution in [0.15, 0.2) is 48.5 Å². The predicted octanol–water partition coefficient (Wildman–Crippen LogP) is 3.94. The molecule has 2 aliphatic heterocycles. The molecule has 1 fully saturated rings. The first-order chi connectivity index (χ1) is 10.4. The van der Waals surface area contributed by atoms with Crippen LogP contribution in [-0.2, 0) is 4.74 Å². The Morgan fingerprint density at radius 1 is 1.10 bits per heavy atom. The minimum Gasteiger partial charge on any atom is -0.497 e. The summed E-state index contributed by atoms with van der Waals surface area (Å²) in [4.78, 5) is 0. The zero-order valence-electron chi connectivity index (χ0n) is 12.1. The second kappa shape index (κ2) is 5.08. The molecule has 4 rings (SSSR count). The molecule has 3 nitrogen and oxygen atoms in total. The molecule has 0 amide bonds. The number of hydrogen-bond acceptors (Lipinski definition) is 3. The fraction of sp³-hybridized carbons (Fsp3) is 0.333. The van der Waals surface area contributed by atoms with Gasteiger partial charge >= 0.3 is 0 Å². The first-order valence-corrected chi connectivity index (χ1v) is 7.48. The van der Waals surface area contributed by atoms with E-state index in [1.807, 2.05) is 12.1 Å². The fourth-order valence-corrected chi connectivity index (χ4v) is 3.56. The topological polar surface area (TPSA) is 30.5 Å². The first-order valence-electron chi connectivity index (χ1n) is 7.48. The van der Waals surface area contributed by atoms with Gasteiger partial charge in [0.05, 0.1) is 19.3 Å². The van der Waals surface area contributed by atoms with E-state index in [9.17, 15) is 0 Å². The van der Waals surface area contributed by atoms with Crippen molar-refractivity contribution in [2.75, 3.05) is 19.0 Å². The van der Waals surface area contributed by atoms with Crippen LogP contribution in [0.25, 0.3) is 0 Å². The fourth-order valence-electron chi connectivity index (χ4n) is 3.56. The Labute approximate surface area is 124 Å². The maximum atomic E-state index is 6.02. The lowest BCUT2D eigenvalue weighted by molar-refractivity contribution is 0.0829. The van der Waals surface area contributed by atoms with Gasteiger partial charge in [-0.3, -0.25) is 0 Å². The Hall–Kier alpha value is -2.00. The molecular formula is C18H19NO2. The van der Waals surface area contributed by atoms with Gasteiger partial charge in [0.15, 0.2) is 0 Å². The number of para-hydroxylation sites is 1. The van der Waals surface area contributed by atoms with Gasteiger partial charge in [0, 0.05) is 23.8 Å². The summed E-state index contributed by atoms with van der Waals surface area (Å²) in [5, 5.41) is 3.70. The second-order valence-electron chi connectivity index (χ2n) is 5.73. The average Bonchev–Trinajstić information content (AvgIpc) is 3.04. The summed E-state index contributed by atoms with van der Waals surface area (Å²) in [7, 11) is 1.70. The summed E-state index contributed by atoms with van der Waals surface area (Å²) in [5.41, 5.74) is 3.79. The zero-order valence-corrected chi connectivity index (χ0v) is 12.1. The lowest BCUT2D eigenvalue weighted by Gasteiger charge is -2.36. The molecule has 0 unspecified atom stereocenters. The number of hydrogen-bond donors (Lipinski definition) is 1. The third kappa shape index (κ3) is 2.09. The molecule has 0 aliphatic carbocycles. The highest BCUT2D eigenvalue weighted by molar-refractivity contribution is 5.57. The van der Waals surface area contributed by atoms with Crippen LogP contribution in [0.2, 0.25) is 0 Å². The van der Waals surface area contributed by atoms with E-state index < -0.39 is 0 Å². The summed E-state index contributed by atoms with van der Waals surface area (Å²) < 4.78 is 11.3. The second-order valence-corrected chi connectivity index (χ2v) is 5.73. The molecular weight excluding hydrogens is 262 g/mol. The SMILES string of the molecule is COc1ccc([C@@H]2Nc3ccccc3[C@H]3OCC[C@H]32)cc1. The van der Waals surface area contributed by atoms with E-state index in [2.05, 4.69) is 41.7 Å². The van der Waals surface area contributed by atoms with Crippen molar-refractivity contribution in [1.82, 2.24) is 0 Å². The highest BCUT2D eigenvalue weighted by atomic mass is 16.5. The van der Waals surface area contributed by atoms with Crippen LogP contribution in [-0.4, -0.2) is 13.7 Å². The molecule has 1 saturated heterocycles. The molecule has 2 aromatic carbocycles. The molecule has 0 saturated carbocycles. The maximum Gasteiger partial charge on any atom is 0.118 e. The van der Waals surface area contributed by atoms with Gasteiger partial charge in [0.25, 0.3) is 0 Å². The largest absolute Gasteiger partial charge is 0.497 e. The van der Waals surface area contributed by atoms with Gasteiger partial charge in [-0.15, -0.1) is 0 Å². The van der Waals surface area contributed by atoms with Gasteiger partial charge in [-0.1, -0.05) is 30.3 Å². The molecule has 0 aromatic heterocycles. The van der Waals surface area contributed by atoms with E-state index in [0.717, 1.165) is 18.8 Å². The minimum atomic E-state index is 0.217. The van der Waals surface area contributed by atoms with Crippen LogP contribution in [0.3, 0.4) is 0 Å². The van der Waals surface area contributed by atoms with Crippen molar-refractivity contribution in [3.8, 4) is 5.75 Å². The quantitative estimate of drug-likeness (QED) is 0.904. The van der Waals surface area contributed by atoms with Gasteiger partial charge < -0.3 is 14.8 Å². The number of ether oxygens (including phenoxy) is 2. The van der Waals surface area contributed by atoms with Crippen molar-refractivity contribution in [2.45, 2.75) is 18.6 Å². The molecule has 108 valence electrons. The van der Waals surface area contributed by atoms with E-state index in [1.165, 1.54) is 16.8 Å². The standard InChI is InChI=1S/C18H19NO2/c1-20-13-8-6-12(7-9-13)17-15-10-11-21-18(15)14-4-2-3-5-16(14)19-17/h2-9,15,17-19H,10-11H2,1H3/t15-,17-,18+/m0/s1. The van der Waals surface area contributed by atoms with E-state index in [1.54, 1.807) is 7.11 Å². The number of benzene rings is 2. The Bertz CT molecular complexity index is 638. The van der Waals surface area contributed by atoms with Crippen LogP contribution < -0.4 is 10.1 Å². The molecule has 2 aliphatic rings. The number of anilines is 1. The highest BCUT2D eigenvalue weighted by Gasteiger charge is 2.41. The normalized spacial score (nSPS) is 26.6. The molecule has 0 spiro atoms. The molecule has 2 aromatic rings. The van der Waals surface area contributed by atoms with E-state index >= 15 is 0 Å². The molecule has 1 N–H and O–H groups in total. The first kappa shape index (κ1) is 12.7. The average molecular weight is 281 g/mol. The van der Waals surface area contributed by atoms with E-state index in [0.29, 0.717) is 12.0 Å². The van der Waals surface area contributed by atoms with Crippen molar-refractivity contribution in [1.29, 1.82) is 0 Å². The monoisotopic (exact) mass is 281 g/mol. The molecule has 0 bridgehead atoms. The number of methoxy groups -OCH3 is 1. The molecule has 3 heteroatoms. The van der Waals surface area contributed by atoms with Crippen LogP contribution in [0, 0.1) is 5.92 Å². The molecule has 3 atom stereocenters. The van der Waals surface area contributed by atoms with Gasteiger partial charge in [0.1, 0.15) is 5.75 Å². The van der Waals surface area contributed by atoms with Crippen LogP contribution in [0.4, 0.5) is 5.69 Å². The van der Waals surface area contributed by atoms with Crippen LogP contribution in [0.1, 0.15) is 29.7 Å². The Morgan fingerprint density at radius 2 is 1.90 bits per heavy atom. The summed E-state index contributed by atoms with van der Waals surface area (Å²) in [6.07, 6.45) is 1.32. The van der Waals surface area contributed by atoms with Crippen LogP contribution >= 0.6 is 0 Å². The molecule has 2 heterocycles. The Kier molecular flexibility index (Phi) is 3.08. The Morgan fingerprint density at radius 3 is 2.71 bits per heavy atom. The lowest BCUT2D eigenvalue weighted by Crippen LogP contribution is -2.29. The van der Waals surface area contributed by atoms with Crippen molar-refractivity contribution >= 4 is 5.69 Å². The smallest absolute Gasteiger partial charge is 0.118 e. The summed E-state index contributed by atoms with van der Waals surface area (Å²) >= 11 is 0. The van der Waals surface area contributed by atoms with Gasteiger partial charge in [0.2, 0.25) is 0 Å². The summed E-state index contributed by atoms with van der Waals surface area (Å²) in [5.74, 6) is 1.39. The number of fused-ring (bicyclic) bond motifs is 3. The molecule has 21 heavy (non-hydrogen) atoms. The molecule has 0 radical (unpaired) electrons. The summed E-state index contributed by atoms with van der Waals surface area (Å²) in [6.45, 7) is 0.845. The lowest BCUT2D eigenvalue weighted by atomic mass is 9.81. The number of rotatable bonds is 2. The zero-order chi connectivity index (χ0) is 14.2. The van der Waals surface area contributed by atoms with Crippen LogP contribution in [0.5, 0.6) is 5.75 Å². The summed E-state index contributed by atoms with van der Waals surface area (Å²) in [6, 6.07) is 17.2. The van der Waals surface area contributed by atoms with Crippen molar-refractivity contribution in [3.63, 3.8) is 0 Å². The minimum absolute atomic E-state index is 0.217. The predicted molar refractivity (Wildman–Crippen MR) is 82.6 cm³/mol. The van der Waals surface area contributed by atoms with Crippen molar-refractivity contribution < 1.29 is 9.47 Å². The van der Waals surface area contributed by atoms with E-state index in [-0.39, 0.29) is 6.10 Å². The van der Waals surface area contributed by atoms with E-state index in [4.69, 9.17) is 9.47 Å².